The van der Waals surface area contributed by atoms with Crippen LogP contribution in [0.5, 0.6) is 0 Å². The van der Waals surface area contributed by atoms with Crippen LogP contribution >= 0.6 is 0 Å². The molecule has 5 nitrogen and oxygen atoms in total. The fourth-order valence-electron chi connectivity index (χ4n) is 1.54. The van der Waals surface area contributed by atoms with Gasteiger partial charge in [0.15, 0.2) is 11.5 Å². The topological polar surface area (TPSA) is 81.8 Å². The van der Waals surface area contributed by atoms with Crippen molar-refractivity contribution in [3.8, 4) is 6.07 Å². The first-order valence-electron chi connectivity index (χ1n) is 5.55. The summed E-state index contributed by atoms with van der Waals surface area (Å²) in [7, 11) is 0. The van der Waals surface area contributed by atoms with Gasteiger partial charge in [-0.25, -0.2) is 9.97 Å². The molecule has 0 spiro atoms. The lowest BCUT2D eigenvalue weighted by molar-refractivity contribution is 0.132. The fourth-order valence-corrected chi connectivity index (χ4v) is 1.54. The Kier molecular flexibility index (Phi) is 4.41. The molecule has 5 heteroatoms. The van der Waals surface area contributed by atoms with Crippen molar-refractivity contribution in [2.75, 3.05) is 11.9 Å². The number of aliphatic hydroxyl groups excluding tert-OH is 1. The summed E-state index contributed by atoms with van der Waals surface area (Å²) in [5.74, 6) is 0.419. The molecule has 1 rings (SSSR count). The molecule has 1 heterocycles. The van der Waals surface area contributed by atoms with Crippen LogP contribution in [-0.4, -0.2) is 27.7 Å². The van der Waals surface area contributed by atoms with Crippen LogP contribution in [0.4, 0.5) is 5.82 Å². The zero-order valence-corrected chi connectivity index (χ0v) is 10.4. The van der Waals surface area contributed by atoms with Gasteiger partial charge in [0.2, 0.25) is 0 Å². The summed E-state index contributed by atoms with van der Waals surface area (Å²) in [5.41, 5.74) is 0.317. The average molecular weight is 234 g/mol. The summed E-state index contributed by atoms with van der Waals surface area (Å²) >= 11 is 0. The number of aliphatic hydroxyl groups is 1. The van der Waals surface area contributed by atoms with E-state index in [9.17, 15) is 5.11 Å². The second kappa shape index (κ2) is 5.60. The van der Waals surface area contributed by atoms with Crippen molar-refractivity contribution in [3.63, 3.8) is 0 Å². The predicted octanol–water partition coefficient (Wildman–Crippen LogP) is 1.56. The Morgan fingerprint density at radius 2 is 2.06 bits per heavy atom. The number of nitriles is 1. The van der Waals surface area contributed by atoms with Crippen molar-refractivity contribution in [1.29, 1.82) is 5.26 Å². The first kappa shape index (κ1) is 13.4. The molecule has 92 valence electrons. The maximum absolute atomic E-state index is 9.82. The lowest BCUT2D eigenvalue weighted by atomic mass is 9.89. The van der Waals surface area contributed by atoms with Gasteiger partial charge in [-0.2, -0.15) is 5.26 Å². The van der Waals surface area contributed by atoms with Crippen molar-refractivity contribution < 1.29 is 5.11 Å². The maximum Gasteiger partial charge on any atom is 0.182 e. The standard InChI is InChI=1S/C12H18N4O/c1-12(2,3)6-9(17)8-16-11-10(7-13)14-4-5-15-11/h4-5,9,17H,6,8H2,1-3H3,(H,15,16). The second-order valence-electron chi connectivity index (χ2n) is 5.16. The lowest BCUT2D eigenvalue weighted by Gasteiger charge is -2.22. The molecular weight excluding hydrogens is 216 g/mol. The van der Waals surface area contributed by atoms with E-state index in [2.05, 4.69) is 36.1 Å². The van der Waals surface area contributed by atoms with Crippen molar-refractivity contribution in [2.24, 2.45) is 5.41 Å². The van der Waals surface area contributed by atoms with Gasteiger partial charge in [0.1, 0.15) is 6.07 Å². The summed E-state index contributed by atoms with van der Waals surface area (Å²) in [6.07, 6.45) is 3.19. The first-order valence-corrected chi connectivity index (χ1v) is 5.55. The van der Waals surface area contributed by atoms with E-state index < -0.39 is 6.10 Å². The Morgan fingerprint density at radius 1 is 1.41 bits per heavy atom. The number of nitrogens with zero attached hydrogens (tertiary/aromatic N) is 3. The van der Waals surface area contributed by atoms with Crippen LogP contribution in [0.2, 0.25) is 0 Å². The zero-order chi connectivity index (χ0) is 12.9. The van der Waals surface area contributed by atoms with E-state index in [0.717, 1.165) is 0 Å². The summed E-state index contributed by atoms with van der Waals surface area (Å²) in [5, 5.41) is 21.6. The largest absolute Gasteiger partial charge is 0.391 e. The van der Waals surface area contributed by atoms with Gasteiger partial charge in [-0.05, 0) is 11.8 Å². The minimum absolute atomic E-state index is 0.0710. The Balaban J connectivity index is 2.54. The number of rotatable bonds is 4. The average Bonchev–Trinajstić information content (AvgIpc) is 2.24. The molecule has 0 aliphatic carbocycles. The Morgan fingerprint density at radius 3 is 2.65 bits per heavy atom. The summed E-state index contributed by atoms with van der Waals surface area (Å²) in [6, 6.07) is 1.95. The Bertz CT molecular complexity index is 406. The Hall–Kier alpha value is -1.67. The highest BCUT2D eigenvalue weighted by Crippen LogP contribution is 2.20. The van der Waals surface area contributed by atoms with Gasteiger partial charge in [0, 0.05) is 18.9 Å². The molecule has 2 N–H and O–H groups in total. The van der Waals surface area contributed by atoms with Crippen molar-refractivity contribution in [2.45, 2.75) is 33.3 Å². The minimum Gasteiger partial charge on any atom is -0.391 e. The van der Waals surface area contributed by atoms with Crippen molar-refractivity contribution in [3.05, 3.63) is 18.1 Å². The highest BCUT2D eigenvalue weighted by Gasteiger charge is 2.17. The molecule has 0 aliphatic heterocycles. The molecule has 1 aromatic rings. The molecule has 0 aromatic carbocycles. The number of nitrogens with one attached hydrogen (secondary N) is 1. The SMILES string of the molecule is CC(C)(C)CC(O)CNc1nccnc1C#N. The van der Waals surface area contributed by atoms with Crippen LogP contribution < -0.4 is 5.32 Å². The maximum atomic E-state index is 9.82. The predicted molar refractivity (Wildman–Crippen MR) is 65.3 cm³/mol. The number of anilines is 1. The molecule has 0 bridgehead atoms. The van der Waals surface area contributed by atoms with Gasteiger partial charge in [-0.1, -0.05) is 20.8 Å². The molecule has 0 radical (unpaired) electrons. The van der Waals surface area contributed by atoms with E-state index in [1.54, 1.807) is 0 Å². The third-order valence-electron chi connectivity index (χ3n) is 2.16. The molecule has 1 unspecified atom stereocenters. The zero-order valence-electron chi connectivity index (χ0n) is 10.4. The van der Waals surface area contributed by atoms with Crippen LogP contribution in [0.15, 0.2) is 12.4 Å². The lowest BCUT2D eigenvalue weighted by Crippen LogP contribution is -2.25. The van der Waals surface area contributed by atoms with Crippen molar-refractivity contribution in [1.82, 2.24) is 9.97 Å². The van der Waals surface area contributed by atoms with Gasteiger partial charge in [-0.3, -0.25) is 0 Å². The monoisotopic (exact) mass is 234 g/mol. The van der Waals surface area contributed by atoms with E-state index in [1.807, 2.05) is 6.07 Å². The number of aromatic nitrogens is 2. The van der Waals surface area contributed by atoms with Crippen LogP contribution in [0, 0.1) is 16.7 Å². The quantitative estimate of drug-likeness (QED) is 0.826. The molecule has 0 amide bonds. The highest BCUT2D eigenvalue weighted by atomic mass is 16.3. The Labute approximate surface area is 102 Å². The van der Waals surface area contributed by atoms with Gasteiger partial charge >= 0.3 is 0 Å². The molecule has 1 aromatic heterocycles. The number of hydrogen-bond donors (Lipinski definition) is 2. The van der Waals surface area contributed by atoms with Gasteiger partial charge in [0.25, 0.3) is 0 Å². The van der Waals surface area contributed by atoms with Crippen LogP contribution in [-0.2, 0) is 0 Å². The third kappa shape index (κ3) is 4.79. The molecule has 1 atom stereocenters. The number of hydrogen-bond acceptors (Lipinski definition) is 5. The van der Waals surface area contributed by atoms with E-state index in [-0.39, 0.29) is 11.1 Å². The second-order valence-corrected chi connectivity index (χ2v) is 5.16. The molecule has 17 heavy (non-hydrogen) atoms. The summed E-state index contributed by atoms with van der Waals surface area (Å²) in [4.78, 5) is 7.89. The normalized spacial score (nSPS) is 12.9. The molecule has 0 fully saturated rings. The van der Waals surface area contributed by atoms with E-state index >= 15 is 0 Å². The van der Waals surface area contributed by atoms with E-state index in [1.165, 1.54) is 12.4 Å². The van der Waals surface area contributed by atoms with Crippen LogP contribution in [0.25, 0.3) is 0 Å². The minimum atomic E-state index is -0.469. The van der Waals surface area contributed by atoms with Gasteiger partial charge in [-0.15, -0.1) is 0 Å². The molecule has 0 saturated carbocycles. The third-order valence-corrected chi connectivity index (χ3v) is 2.16. The molecule has 0 saturated heterocycles. The smallest absolute Gasteiger partial charge is 0.182 e. The van der Waals surface area contributed by atoms with E-state index in [0.29, 0.717) is 18.8 Å². The summed E-state index contributed by atoms with van der Waals surface area (Å²) in [6.45, 7) is 6.57. The van der Waals surface area contributed by atoms with Gasteiger partial charge < -0.3 is 10.4 Å². The summed E-state index contributed by atoms with van der Waals surface area (Å²) < 4.78 is 0. The van der Waals surface area contributed by atoms with Crippen LogP contribution in [0.3, 0.4) is 0 Å². The molecule has 0 aliphatic rings. The van der Waals surface area contributed by atoms with Crippen LogP contribution in [0.1, 0.15) is 32.9 Å². The van der Waals surface area contributed by atoms with Crippen molar-refractivity contribution >= 4 is 5.82 Å². The van der Waals surface area contributed by atoms with Gasteiger partial charge in [0.05, 0.1) is 6.10 Å². The molecular formula is C12H18N4O. The highest BCUT2D eigenvalue weighted by molar-refractivity contribution is 5.46. The fraction of sp³-hybridized carbons (Fsp3) is 0.583. The van der Waals surface area contributed by atoms with E-state index in [4.69, 9.17) is 5.26 Å². The first-order chi connectivity index (χ1) is 7.92.